The lowest BCUT2D eigenvalue weighted by Crippen LogP contribution is -2.56. The average molecular weight is 407 g/mol. The van der Waals surface area contributed by atoms with Crippen LogP contribution < -0.4 is 5.32 Å². The van der Waals surface area contributed by atoms with Crippen LogP contribution in [0.15, 0.2) is 24.3 Å². The van der Waals surface area contributed by atoms with Crippen molar-refractivity contribution < 1.29 is 27.5 Å². The van der Waals surface area contributed by atoms with E-state index in [4.69, 9.17) is 4.74 Å². The van der Waals surface area contributed by atoms with Gasteiger partial charge in [-0.1, -0.05) is 12.1 Å². The zero-order chi connectivity index (χ0) is 21.1. The number of fused-ring (bicyclic) bond motifs is 4. The van der Waals surface area contributed by atoms with E-state index >= 15 is 0 Å². The second-order valence-corrected chi connectivity index (χ2v) is 7.91. The average Bonchev–Trinajstić information content (AvgIpc) is 3.20. The summed E-state index contributed by atoms with van der Waals surface area (Å²) < 4.78 is 43.6. The number of nitriles is 1. The largest absolute Gasteiger partial charge is 0.468 e. The summed E-state index contributed by atoms with van der Waals surface area (Å²) in [5.41, 5.74) is -0.273. The lowest BCUT2D eigenvalue weighted by atomic mass is 9.73. The molecule has 0 aliphatic carbocycles. The number of benzene rings is 1. The van der Waals surface area contributed by atoms with E-state index in [1.807, 2.05) is 4.90 Å². The van der Waals surface area contributed by atoms with Crippen LogP contribution in [-0.4, -0.2) is 48.9 Å². The molecule has 6 nitrogen and oxygen atoms in total. The number of likely N-dealkylation sites (N-methyl/N-ethyl adjacent to an activating group) is 1. The number of piperidine rings is 1. The first-order chi connectivity index (χ1) is 13.7. The summed E-state index contributed by atoms with van der Waals surface area (Å²) >= 11 is 0. The number of nitrogens with zero attached hydrogens (tertiary/aromatic N) is 2. The normalized spacial score (nSPS) is 36.6. The highest BCUT2D eigenvalue weighted by molar-refractivity contribution is 5.91. The highest BCUT2D eigenvalue weighted by Gasteiger charge is 2.64. The van der Waals surface area contributed by atoms with E-state index in [2.05, 4.69) is 11.4 Å². The van der Waals surface area contributed by atoms with Gasteiger partial charge in [0.25, 0.3) is 0 Å². The Balaban J connectivity index is 1.75. The van der Waals surface area contributed by atoms with Crippen molar-refractivity contribution in [1.82, 2.24) is 10.2 Å². The Bertz CT molecular complexity index is 880. The van der Waals surface area contributed by atoms with Crippen LogP contribution in [0, 0.1) is 29.1 Å². The van der Waals surface area contributed by atoms with Gasteiger partial charge >= 0.3 is 12.1 Å². The van der Waals surface area contributed by atoms with Crippen molar-refractivity contribution >= 4 is 11.8 Å². The van der Waals surface area contributed by atoms with Gasteiger partial charge in [-0.25, -0.2) is 0 Å². The molecule has 0 radical (unpaired) electrons. The quantitative estimate of drug-likeness (QED) is 0.755. The standard InChI is InChI=1S/C20H20F3N3O3/c1-26-12-7-10(8-24)17(26)13-14(18(12)27)15(25-16(13)19(28)29-2)9-3-5-11(6-4-9)20(21,22)23/h3-6,10,12-17,25H,7H2,1-2H3/t10-,12+,13+,14-,15+,16+,17+/m0/s1. The van der Waals surface area contributed by atoms with Crippen LogP contribution in [0.1, 0.15) is 23.6 Å². The number of hydrogen-bond donors (Lipinski definition) is 1. The molecule has 3 saturated heterocycles. The summed E-state index contributed by atoms with van der Waals surface area (Å²) in [7, 11) is 3.03. The molecule has 154 valence electrons. The summed E-state index contributed by atoms with van der Waals surface area (Å²) in [5.74, 6) is -2.13. The highest BCUT2D eigenvalue weighted by Crippen LogP contribution is 2.51. The number of halogens is 3. The topological polar surface area (TPSA) is 82.4 Å². The first kappa shape index (κ1) is 19.9. The molecule has 3 heterocycles. The summed E-state index contributed by atoms with van der Waals surface area (Å²) in [5, 5.41) is 12.7. The van der Waals surface area contributed by atoms with Crippen molar-refractivity contribution in [2.24, 2.45) is 17.8 Å². The Kier molecular flexibility index (Phi) is 4.67. The number of ether oxygens (including phenoxy) is 1. The molecule has 4 rings (SSSR count). The first-order valence-electron chi connectivity index (χ1n) is 9.35. The monoisotopic (exact) mass is 407 g/mol. The summed E-state index contributed by atoms with van der Waals surface area (Å²) in [6, 6.07) is 4.72. The minimum absolute atomic E-state index is 0.0877. The van der Waals surface area contributed by atoms with E-state index in [0.29, 0.717) is 12.0 Å². The maximum atomic E-state index is 13.3. The number of alkyl halides is 3. The molecule has 3 fully saturated rings. The molecule has 3 aliphatic rings. The van der Waals surface area contributed by atoms with E-state index < -0.39 is 53.6 Å². The van der Waals surface area contributed by atoms with E-state index in [1.54, 1.807) is 7.05 Å². The van der Waals surface area contributed by atoms with Crippen molar-refractivity contribution in [1.29, 1.82) is 5.26 Å². The second kappa shape index (κ2) is 6.82. The Labute approximate surface area is 165 Å². The van der Waals surface area contributed by atoms with Gasteiger partial charge in [0, 0.05) is 23.9 Å². The predicted octanol–water partition coefficient (Wildman–Crippen LogP) is 1.92. The molecule has 1 N–H and O–H groups in total. The minimum Gasteiger partial charge on any atom is -0.468 e. The molecule has 1 aromatic carbocycles. The summed E-state index contributed by atoms with van der Waals surface area (Å²) in [6.07, 6.45) is -4.06. The van der Waals surface area contributed by atoms with E-state index in [-0.39, 0.29) is 11.8 Å². The number of ketones is 1. The van der Waals surface area contributed by atoms with Crippen LogP contribution in [0.5, 0.6) is 0 Å². The molecule has 7 atom stereocenters. The zero-order valence-corrected chi connectivity index (χ0v) is 15.8. The third-order valence-corrected chi connectivity index (χ3v) is 6.64. The molecule has 0 aromatic heterocycles. The van der Waals surface area contributed by atoms with Crippen LogP contribution in [0.2, 0.25) is 0 Å². The van der Waals surface area contributed by atoms with E-state index in [1.165, 1.54) is 19.2 Å². The smallest absolute Gasteiger partial charge is 0.416 e. The van der Waals surface area contributed by atoms with E-state index in [0.717, 1.165) is 12.1 Å². The summed E-state index contributed by atoms with van der Waals surface area (Å²) in [6.45, 7) is 0. The fourth-order valence-corrected chi connectivity index (χ4v) is 5.38. The van der Waals surface area contributed by atoms with E-state index in [9.17, 15) is 28.0 Å². The van der Waals surface area contributed by atoms with Gasteiger partial charge in [0.1, 0.15) is 6.04 Å². The Morgan fingerprint density at radius 3 is 2.52 bits per heavy atom. The second-order valence-electron chi connectivity index (χ2n) is 7.91. The van der Waals surface area contributed by atoms with Crippen LogP contribution in [0.4, 0.5) is 13.2 Å². The highest BCUT2D eigenvalue weighted by atomic mass is 19.4. The molecule has 0 amide bonds. The van der Waals surface area contributed by atoms with Gasteiger partial charge < -0.3 is 4.74 Å². The van der Waals surface area contributed by atoms with Crippen LogP contribution in [-0.2, 0) is 20.5 Å². The molecule has 0 spiro atoms. The van der Waals surface area contributed by atoms with Crippen molar-refractivity contribution in [3.63, 3.8) is 0 Å². The maximum Gasteiger partial charge on any atom is 0.416 e. The lowest BCUT2D eigenvalue weighted by molar-refractivity contribution is -0.146. The van der Waals surface area contributed by atoms with Gasteiger partial charge in [-0.15, -0.1) is 0 Å². The van der Waals surface area contributed by atoms with Crippen molar-refractivity contribution in [2.75, 3.05) is 14.2 Å². The molecule has 0 unspecified atom stereocenters. The molecular formula is C20H20F3N3O3. The van der Waals surface area contributed by atoms with Gasteiger partial charge in [-0.05, 0) is 31.2 Å². The molecular weight excluding hydrogens is 387 g/mol. The number of esters is 1. The van der Waals surface area contributed by atoms with Crippen molar-refractivity contribution in [3.8, 4) is 6.07 Å². The van der Waals surface area contributed by atoms with Crippen molar-refractivity contribution in [2.45, 2.75) is 36.8 Å². The number of rotatable bonds is 2. The molecule has 29 heavy (non-hydrogen) atoms. The van der Waals surface area contributed by atoms with Crippen LogP contribution in [0.25, 0.3) is 0 Å². The molecule has 0 saturated carbocycles. The SMILES string of the molecule is COC(=O)[C@@H]1N[C@H](c2ccc(C(F)(F)F)cc2)[C@H]2C(=O)[C@H]3C[C@@H](C#N)[C@H]([C@H]21)N3C. The summed E-state index contributed by atoms with van der Waals surface area (Å²) in [4.78, 5) is 27.6. The number of hydrogen-bond acceptors (Lipinski definition) is 6. The fraction of sp³-hybridized carbons (Fsp3) is 0.550. The molecule has 9 heteroatoms. The van der Waals surface area contributed by atoms with Gasteiger partial charge in [0.2, 0.25) is 0 Å². The Morgan fingerprint density at radius 1 is 1.31 bits per heavy atom. The number of nitrogens with one attached hydrogen (secondary N) is 1. The molecule has 1 aromatic rings. The zero-order valence-electron chi connectivity index (χ0n) is 15.8. The number of methoxy groups -OCH3 is 1. The van der Waals surface area contributed by atoms with Gasteiger partial charge in [-0.3, -0.25) is 19.8 Å². The number of Topliss-reactive ketones (excluding diaryl/α,β-unsaturated/α-hetero) is 1. The third kappa shape index (κ3) is 2.93. The molecule has 3 aliphatic heterocycles. The fourth-order valence-electron chi connectivity index (χ4n) is 5.38. The number of carbonyl (C=O) groups is 2. The lowest BCUT2D eigenvalue weighted by Gasteiger charge is -2.41. The maximum absolute atomic E-state index is 13.3. The van der Waals surface area contributed by atoms with Crippen LogP contribution >= 0.6 is 0 Å². The third-order valence-electron chi connectivity index (χ3n) is 6.64. The van der Waals surface area contributed by atoms with Crippen molar-refractivity contribution in [3.05, 3.63) is 35.4 Å². The molecule has 2 bridgehead atoms. The van der Waals surface area contributed by atoms with Gasteiger partial charge in [0.05, 0.1) is 30.7 Å². The number of carbonyl (C=O) groups excluding carboxylic acids is 2. The Morgan fingerprint density at radius 2 is 1.97 bits per heavy atom. The van der Waals surface area contributed by atoms with Crippen LogP contribution in [0.3, 0.4) is 0 Å². The van der Waals surface area contributed by atoms with Gasteiger partial charge in [-0.2, -0.15) is 18.4 Å². The first-order valence-corrected chi connectivity index (χ1v) is 9.35. The Hall–Kier alpha value is -2.44. The minimum atomic E-state index is -4.46. The van der Waals surface area contributed by atoms with Gasteiger partial charge in [0.15, 0.2) is 5.78 Å². The predicted molar refractivity (Wildman–Crippen MR) is 94.2 cm³/mol.